The molecule has 0 bridgehead atoms. The first-order valence-corrected chi connectivity index (χ1v) is 9.83. The van der Waals surface area contributed by atoms with Crippen LogP contribution >= 0.6 is 11.6 Å². The van der Waals surface area contributed by atoms with E-state index < -0.39 is 0 Å². The molecule has 0 aliphatic heterocycles. The van der Waals surface area contributed by atoms with Crippen molar-refractivity contribution in [3.05, 3.63) is 113 Å². The van der Waals surface area contributed by atoms with Crippen LogP contribution in [-0.2, 0) is 6.42 Å². The Morgan fingerprint density at radius 1 is 0.828 bits per heavy atom. The quantitative estimate of drug-likeness (QED) is 0.418. The summed E-state index contributed by atoms with van der Waals surface area (Å²) in [6, 6.07) is 20.2. The molecule has 1 aromatic carbocycles. The number of hydrogen-bond donors (Lipinski definition) is 0. The highest BCUT2D eigenvalue weighted by Crippen LogP contribution is 2.33. The maximum absolute atomic E-state index is 6.12. The molecule has 29 heavy (non-hydrogen) atoms. The molecular weight excluding hydrogens is 380 g/mol. The monoisotopic (exact) mass is 400 g/mol. The van der Waals surface area contributed by atoms with Gasteiger partial charge < -0.3 is 4.90 Å². The largest absolute Gasteiger partial charge is 0.328 e. The zero-order valence-electron chi connectivity index (χ0n) is 16.1. The molecule has 0 saturated carbocycles. The summed E-state index contributed by atoms with van der Waals surface area (Å²) in [5.74, 6) is 1.06. The number of aromatic nitrogens is 3. The third kappa shape index (κ3) is 4.44. The summed E-state index contributed by atoms with van der Waals surface area (Å²) in [4.78, 5) is 15.3. The molecule has 0 fully saturated rings. The lowest BCUT2D eigenvalue weighted by molar-refractivity contribution is 0.794. The van der Waals surface area contributed by atoms with Gasteiger partial charge in [-0.05, 0) is 59.5 Å². The molecule has 0 aliphatic carbocycles. The SMILES string of the molecule is CN(c1cccnc1)c1ncccc1CC(c1ccc(Cl)cc1)c1cccnc1. The molecule has 144 valence electrons. The summed E-state index contributed by atoms with van der Waals surface area (Å²) in [6.07, 6.45) is 9.97. The van der Waals surface area contributed by atoms with Crippen molar-refractivity contribution in [1.29, 1.82) is 0 Å². The normalized spacial score (nSPS) is 11.8. The van der Waals surface area contributed by atoms with Crippen LogP contribution in [0, 0.1) is 0 Å². The van der Waals surface area contributed by atoms with Gasteiger partial charge in [-0.1, -0.05) is 35.9 Å². The van der Waals surface area contributed by atoms with Gasteiger partial charge in [-0.3, -0.25) is 9.97 Å². The van der Waals surface area contributed by atoms with Crippen LogP contribution in [0.5, 0.6) is 0 Å². The van der Waals surface area contributed by atoms with Gasteiger partial charge in [-0.25, -0.2) is 4.98 Å². The van der Waals surface area contributed by atoms with Crippen LogP contribution in [0.1, 0.15) is 22.6 Å². The highest BCUT2D eigenvalue weighted by molar-refractivity contribution is 6.30. The molecule has 0 N–H and O–H groups in total. The first-order valence-electron chi connectivity index (χ1n) is 9.45. The van der Waals surface area contributed by atoms with E-state index in [9.17, 15) is 0 Å². The lowest BCUT2D eigenvalue weighted by Gasteiger charge is -2.24. The van der Waals surface area contributed by atoms with Crippen LogP contribution in [0.4, 0.5) is 11.5 Å². The third-order valence-corrected chi connectivity index (χ3v) is 5.25. The minimum Gasteiger partial charge on any atom is -0.328 e. The maximum Gasteiger partial charge on any atom is 0.135 e. The molecule has 0 saturated heterocycles. The highest BCUT2D eigenvalue weighted by Gasteiger charge is 2.19. The number of pyridine rings is 3. The first-order chi connectivity index (χ1) is 14.2. The lowest BCUT2D eigenvalue weighted by Crippen LogP contribution is -2.15. The molecular formula is C24H21ClN4. The van der Waals surface area contributed by atoms with Gasteiger partial charge in [0, 0.05) is 42.8 Å². The summed E-state index contributed by atoms with van der Waals surface area (Å²) in [7, 11) is 2.02. The van der Waals surface area contributed by atoms with E-state index >= 15 is 0 Å². The second-order valence-corrected chi connectivity index (χ2v) is 7.29. The zero-order chi connectivity index (χ0) is 20.1. The van der Waals surface area contributed by atoms with Crippen molar-refractivity contribution in [2.45, 2.75) is 12.3 Å². The smallest absolute Gasteiger partial charge is 0.135 e. The molecule has 4 aromatic rings. The minimum absolute atomic E-state index is 0.145. The highest BCUT2D eigenvalue weighted by atomic mass is 35.5. The fourth-order valence-electron chi connectivity index (χ4n) is 3.49. The van der Waals surface area contributed by atoms with E-state index in [4.69, 9.17) is 11.6 Å². The Balaban J connectivity index is 1.73. The van der Waals surface area contributed by atoms with E-state index in [0.29, 0.717) is 0 Å². The molecule has 0 radical (unpaired) electrons. The van der Waals surface area contributed by atoms with E-state index in [1.807, 2.05) is 62.0 Å². The van der Waals surface area contributed by atoms with Gasteiger partial charge >= 0.3 is 0 Å². The maximum atomic E-state index is 6.12. The molecule has 0 amide bonds. The van der Waals surface area contributed by atoms with Gasteiger partial charge in [-0.2, -0.15) is 0 Å². The number of halogens is 1. The van der Waals surface area contributed by atoms with Crippen molar-refractivity contribution >= 4 is 23.1 Å². The summed E-state index contributed by atoms with van der Waals surface area (Å²) >= 11 is 6.12. The fourth-order valence-corrected chi connectivity index (χ4v) is 3.62. The van der Waals surface area contributed by atoms with Crippen LogP contribution in [-0.4, -0.2) is 22.0 Å². The average molecular weight is 401 g/mol. The van der Waals surface area contributed by atoms with Crippen LogP contribution in [0.2, 0.25) is 5.02 Å². The summed E-state index contributed by atoms with van der Waals surface area (Å²) in [5.41, 5.74) is 4.51. The molecule has 5 heteroatoms. The predicted molar refractivity (Wildman–Crippen MR) is 118 cm³/mol. The molecule has 4 nitrogen and oxygen atoms in total. The van der Waals surface area contributed by atoms with Gasteiger partial charge in [0.15, 0.2) is 0 Å². The molecule has 3 aromatic heterocycles. The number of rotatable bonds is 6. The Hall–Kier alpha value is -3.24. The Morgan fingerprint density at radius 3 is 2.24 bits per heavy atom. The second kappa shape index (κ2) is 8.84. The second-order valence-electron chi connectivity index (χ2n) is 6.85. The molecule has 0 spiro atoms. The fraction of sp³-hybridized carbons (Fsp3) is 0.125. The molecule has 1 atom stereocenters. The van der Waals surface area contributed by atoms with E-state index in [-0.39, 0.29) is 5.92 Å². The number of benzene rings is 1. The van der Waals surface area contributed by atoms with Gasteiger partial charge in [0.2, 0.25) is 0 Å². The van der Waals surface area contributed by atoms with Crippen LogP contribution in [0.25, 0.3) is 0 Å². The minimum atomic E-state index is 0.145. The van der Waals surface area contributed by atoms with Crippen molar-refractivity contribution in [3.63, 3.8) is 0 Å². The third-order valence-electron chi connectivity index (χ3n) is 5.00. The van der Waals surface area contributed by atoms with Crippen molar-refractivity contribution in [3.8, 4) is 0 Å². The Labute approximate surface area is 175 Å². The van der Waals surface area contributed by atoms with E-state index in [1.54, 1.807) is 12.4 Å². The number of nitrogens with zero attached hydrogens (tertiary/aromatic N) is 4. The van der Waals surface area contributed by atoms with Crippen molar-refractivity contribution in [1.82, 2.24) is 15.0 Å². The van der Waals surface area contributed by atoms with Gasteiger partial charge in [0.1, 0.15) is 5.82 Å². The predicted octanol–water partition coefficient (Wildman–Crippen LogP) is 5.67. The standard InChI is InChI=1S/C24H21ClN4/c1-29(22-7-4-13-27-17-22)24-19(5-3-14-28-24)15-23(20-6-2-12-26-16-20)18-8-10-21(25)11-9-18/h2-14,16-17,23H,15H2,1H3. The van der Waals surface area contributed by atoms with Gasteiger partial charge in [-0.15, -0.1) is 0 Å². The summed E-state index contributed by atoms with van der Waals surface area (Å²) in [5, 5.41) is 0.733. The molecule has 4 rings (SSSR count). The topological polar surface area (TPSA) is 41.9 Å². The van der Waals surface area contributed by atoms with Crippen LogP contribution in [0.15, 0.2) is 91.6 Å². The molecule has 3 heterocycles. The molecule has 0 aliphatic rings. The van der Waals surface area contributed by atoms with Crippen molar-refractivity contribution < 1.29 is 0 Å². The Kier molecular flexibility index (Phi) is 5.82. The van der Waals surface area contributed by atoms with Crippen LogP contribution in [0.3, 0.4) is 0 Å². The zero-order valence-corrected chi connectivity index (χ0v) is 16.9. The van der Waals surface area contributed by atoms with Gasteiger partial charge in [0.25, 0.3) is 0 Å². The number of anilines is 2. The van der Waals surface area contributed by atoms with Crippen molar-refractivity contribution in [2.75, 3.05) is 11.9 Å². The Bertz CT molecular complexity index is 1050. The van der Waals surface area contributed by atoms with Gasteiger partial charge in [0.05, 0.1) is 11.9 Å². The summed E-state index contributed by atoms with van der Waals surface area (Å²) in [6.45, 7) is 0. The summed E-state index contributed by atoms with van der Waals surface area (Å²) < 4.78 is 0. The number of hydrogen-bond acceptors (Lipinski definition) is 4. The average Bonchev–Trinajstić information content (AvgIpc) is 2.79. The van der Waals surface area contributed by atoms with E-state index in [0.717, 1.165) is 34.1 Å². The first kappa shape index (κ1) is 19.1. The van der Waals surface area contributed by atoms with Crippen LogP contribution < -0.4 is 4.90 Å². The van der Waals surface area contributed by atoms with Crippen molar-refractivity contribution in [2.24, 2.45) is 0 Å². The Morgan fingerprint density at radius 2 is 1.55 bits per heavy atom. The molecule has 1 unspecified atom stereocenters. The lowest BCUT2D eigenvalue weighted by atomic mass is 9.87. The van der Waals surface area contributed by atoms with E-state index in [2.05, 4.69) is 44.1 Å². The van der Waals surface area contributed by atoms with E-state index in [1.165, 1.54) is 5.56 Å².